The average molecular weight is 314 g/mol. The highest BCUT2D eigenvalue weighted by Crippen LogP contribution is 2.35. The molecule has 1 aromatic rings. The number of aromatic nitrogens is 2. The van der Waals surface area contributed by atoms with Crippen LogP contribution in [-0.4, -0.2) is 41.3 Å². The van der Waals surface area contributed by atoms with E-state index in [1.54, 1.807) is 11.2 Å². The summed E-state index contributed by atoms with van der Waals surface area (Å²) in [6.45, 7) is 4.42. The van der Waals surface area contributed by atoms with Crippen LogP contribution in [0.4, 0.5) is 0 Å². The number of H-pyrrole nitrogens is 1. The summed E-state index contributed by atoms with van der Waals surface area (Å²) in [6.07, 6.45) is 7.45. The summed E-state index contributed by atoms with van der Waals surface area (Å²) < 4.78 is 27.5. The van der Waals surface area contributed by atoms with Gasteiger partial charge in [-0.3, -0.25) is 0 Å². The summed E-state index contributed by atoms with van der Waals surface area (Å²) in [5, 5.41) is 0.166. The van der Waals surface area contributed by atoms with Crippen molar-refractivity contribution in [3.05, 3.63) is 12.0 Å². The molecule has 7 heteroatoms. The SMILES string of the molecule is CCN(C1(CN)CCCCCC1)S(=O)(=O)c1cnc(C)[nH]1. The lowest BCUT2D eigenvalue weighted by Gasteiger charge is -2.41. The first-order valence-electron chi connectivity index (χ1n) is 7.71. The molecular weight excluding hydrogens is 288 g/mol. The van der Waals surface area contributed by atoms with Crippen molar-refractivity contribution in [3.8, 4) is 0 Å². The molecule has 0 unspecified atom stereocenters. The smallest absolute Gasteiger partial charge is 0.260 e. The van der Waals surface area contributed by atoms with E-state index in [2.05, 4.69) is 9.97 Å². The van der Waals surface area contributed by atoms with E-state index >= 15 is 0 Å². The monoisotopic (exact) mass is 314 g/mol. The zero-order chi connectivity index (χ0) is 15.5. The third-order valence-electron chi connectivity index (χ3n) is 4.48. The number of nitrogens with zero attached hydrogens (tertiary/aromatic N) is 2. The Morgan fingerprint density at radius 2 is 1.95 bits per heavy atom. The first-order chi connectivity index (χ1) is 9.96. The first kappa shape index (κ1) is 16.5. The molecule has 0 amide bonds. The molecular formula is C14H26N4O2S. The van der Waals surface area contributed by atoms with Crippen molar-refractivity contribution in [2.24, 2.45) is 5.73 Å². The van der Waals surface area contributed by atoms with Crippen LogP contribution >= 0.6 is 0 Å². The van der Waals surface area contributed by atoms with Gasteiger partial charge in [-0.25, -0.2) is 13.4 Å². The Bertz CT molecular complexity index is 559. The fraction of sp³-hybridized carbons (Fsp3) is 0.786. The second-order valence-electron chi connectivity index (χ2n) is 5.85. The number of hydrogen-bond donors (Lipinski definition) is 2. The normalized spacial score (nSPS) is 19.6. The predicted molar refractivity (Wildman–Crippen MR) is 82.4 cm³/mol. The van der Waals surface area contributed by atoms with E-state index in [4.69, 9.17) is 5.73 Å². The molecule has 3 N–H and O–H groups in total. The minimum absolute atomic E-state index is 0.166. The second-order valence-corrected chi connectivity index (χ2v) is 7.68. The molecule has 1 aliphatic carbocycles. The number of likely N-dealkylation sites (N-methyl/N-ethyl adjacent to an activating group) is 1. The van der Waals surface area contributed by atoms with Crippen molar-refractivity contribution in [2.45, 2.75) is 62.9 Å². The van der Waals surface area contributed by atoms with Gasteiger partial charge in [-0.1, -0.05) is 32.6 Å². The molecule has 120 valence electrons. The van der Waals surface area contributed by atoms with E-state index in [0.717, 1.165) is 38.5 Å². The van der Waals surface area contributed by atoms with E-state index in [-0.39, 0.29) is 5.03 Å². The molecule has 1 aliphatic rings. The molecule has 21 heavy (non-hydrogen) atoms. The number of sulfonamides is 1. The van der Waals surface area contributed by atoms with Gasteiger partial charge in [-0.2, -0.15) is 4.31 Å². The molecule has 1 aromatic heterocycles. The number of aromatic amines is 1. The number of nitrogens with two attached hydrogens (primary N) is 1. The van der Waals surface area contributed by atoms with Crippen molar-refractivity contribution < 1.29 is 8.42 Å². The summed E-state index contributed by atoms with van der Waals surface area (Å²) in [7, 11) is -3.58. The number of aryl methyl sites for hydroxylation is 1. The largest absolute Gasteiger partial charge is 0.332 e. The molecule has 1 fully saturated rings. The minimum Gasteiger partial charge on any atom is -0.332 e. The highest BCUT2D eigenvalue weighted by Gasteiger charge is 2.42. The molecule has 0 aromatic carbocycles. The van der Waals surface area contributed by atoms with Gasteiger partial charge in [-0.05, 0) is 19.8 Å². The molecule has 6 nitrogen and oxygen atoms in total. The zero-order valence-electron chi connectivity index (χ0n) is 12.9. The van der Waals surface area contributed by atoms with Gasteiger partial charge in [0.05, 0.1) is 6.20 Å². The number of rotatable bonds is 5. The third kappa shape index (κ3) is 3.14. The van der Waals surface area contributed by atoms with Crippen LogP contribution in [0.1, 0.15) is 51.3 Å². The number of imidazole rings is 1. The summed E-state index contributed by atoms with van der Waals surface area (Å²) in [5.41, 5.74) is 5.58. The quantitative estimate of drug-likeness (QED) is 0.810. The predicted octanol–water partition coefficient (Wildman–Crippen LogP) is 1.78. The Morgan fingerprint density at radius 1 is 1.33 bits per heavy atom. The van der Waals surface area contributed by atoms with Crippen molar-refractivity contribution >= 4 is 10.0 Å². The Balaban J connectivity index is 2.40. The molecule has 0 bridgehead atoms. The van der Waals surface area contributed by atoms with Gasteiger partial charge in [0.2, 0.25) is 0 Å². The van der Waals surface area contributed by atoms with E-state index < -0.39 is 15.6 Å². The maximum absolute atomic E-state index is 13.0. The van der Waals surface area contributed by atoms with Gasteiger partial charge >= 0.3 is 0 Å². The van der Waals surface area contributed by atoms with Gasteiger partial charge in [0.25, 0.3) is 10.0 Å². The summed E-state index contributed by atoms with van der Waals surface area (Å²) in [6, 6.07) is 0. The summed E-state index contributed by atoms with van der Waals surface area (Å²) in [4.78, 5) is 6.86. The first-order valence-corrected chi connectivity index (χ1v) is 9.15. The molecule has 0 radical (unpaired) electrons. The Morgan fingerprint density at radius 3 is 2.38 bits per heavy atom. The van der Waals surface area contributed by atoms with E-state index in [1.807, 2.05) is 6.92 Å². The fourth-order valence-electron chi connectivity index (χ4n) is 3.35. The fourth-order valence-corrected chi connectivity index (χ4v) is 5.16. The summed E-state index contributed by atoms with van der Waals surface area (Å²) in [5.74, 6) is 0.604. The Hall–Kier alpha value is -0.920. The average Bonchev–Trinajstić information content (AvgIpc) is 2.76. The van der Waals surface area contributed by atoms with Crippen molar-refractivity contribution in [2.75, 3.05) is 13.1 Å². The van der Waals surface area contributed by atoms with Crippen molar-refractivity contribution in [1.82, 2.24) is 14.3 Å². The van der Waals surface area contributed by atoms with Crippen LogP contribution in [0, 0.1) is 6.92 Å². The van der Waals surface area contributed by atoms with E-state index in [9.17, 15) is 8.42 Å². The van der Waals surface area contributed by atoms with Crippen LogP contribution in [0.5, 0.6) is 0 Å². The Labute approximate surface area is 127 Å². The van der Waals surface area contributed by atoms with Crippen LogP contribution < -0.4 is 5.73 Å². The minimum atomic E-state index is -3.58. The van der Waals surface area contributed by atoms with Crippen LogP contribution in [0.25, 0.3) is 0 Å². The van der Waals surface area contributed by atoms with Gasteiger partial charge in [0.1, 0.15) is 5.82 Å². The second kappa shape index (κ2) is 6.46. The van der Waals surface area contributed by atoms with E-state index in [1.165, 1.54) is 6.20 Å². The van der Waals surface area contributed by atoms with Gasteiger partial charge < -0.3 is 10.7 Å². The van der Waals surface area contributed by atoms with Crippen molar-refractivity contribution in [3.63, 3.8) is 0 Å². The Kier molecular flexibility index (Phi) is 5.06. The molecule has 0 aliphatic heterocycles. The molecule has 0 atom stereocenters. The van der Waals surface area contributed by atoms with Crippen molar-refractivity contribution in [1.29, 1.82) is 0 Å². The lowest BCUT2D eigenvalue weighted by atomic mass is 9.90. The number of hydrogen-bond acceptors (Lipinski definition) is 4. The van der Waals surface area contributed by atoms with Gasteiger partial charge in [-0.15, -0.1) is 0 Å². The molecule has 0 spiro atoms. The maximum Gasteiger partial charge on any atom is 0.260 e. The lowest BCUT2D eigenvalue weighted by molar-refractivity contribution is 0.173. The summed E-state index contributed by atoms with van der Waals surface area (Å²) >= 11 is 0. The maximum atomic E-state index is 13.0. The van der Waals surface area contributed by atoms with Crippen LogP contribution in [-0.2, 0) is 10.0 Å². The zero-order valence-corrected chi connectivity index (χ0v) is 13.7. The van der Waals surface area contributed by atoms with Crippen LogP contribution in [0.2, 0.25) is 0 Å². The van der Waals surface area contributed by atoms with Gasteiger partial charge in [0.15, 0.2) is 5.03 Å². The molecule has 0 saturated heterocycles. The highest BCUT2D eigenvalue weighted by atomic mass is 32.2. The topological polar surface area (TPSA) is 92.1 Å². The van der Waals surface area contributed by atoms with E-state index in [0.29, 0.717) is 18.9 Å². The molecule has 1 heterocycles. The molecule has 1 saturated carbocycles. The van der Waals surface area contributed by atoms with Gasteiger partial charge in [0, 0.05) is 18.6 Å². The highest BCUT2D eigenvalue weighted by molar-refractivity contribution is 7.89. The lowest BCUT2D eigenvalue weighted by Crippen LogP contribution is -2.56. The standard InChI is InChI=1S/C14H26N4O2S/c1-3-18(14(11-15)8-6-4-5-7-9-14)21(19,20)13-10-16-12(2)17-13/h10H,3-9,11,15H2,1-2H3,(H,16,17). The molecule has 2 rings (SSSR count). The van der Waals surface area contributed by atoms with Crippen LogP contribution in [0.15, 0.2) is 11.2 Å². The van der Waals surface area contributed by atoms with Crippen LogP contribution in [0.3, 0.4) is 0 Å². The number of nitrogens with one attached hydrogen (secondary N) is 1. The third-order valence-corrected chi connectivity index (χ3v) is 6.47.